The topological polar surface area (TPSA) is 61.7 Å². The van der Waals surface area contributed by atoms with Gasteiger partial charge in [-0.05, 0) is 50.3 Å². The van der Waals surface area contributed by atoms with Gasteiger partial charge in [-0.1, -0.05) is 12.1 Å². The van der Waals surface area contributed by atoms with Crippen molar-refractivity contribution < 1.29 is 14.9 Å². The van der Waals surface area contributed by atoms with E-state index in [9.17, 15) is 5.11 Å². The lowest BCUT2D eigenvalue weighted by Crippen LogP contribution is -2.47. The van der Waals surface area contributed by atoms with Gasteiger partial charge in [0.05, 0.1) is 19.8 Å². The highest BCUT2D eigenvalue weighted by Gasteiger charge is 2.31. The standard InChI is InChI=1S/C16H25NO3/c1-16(12-19,17-14-6-7-14)8-3-9-20-15-5-2-4-13(10-15)11-18/h2,4-5,10,14,17-19H,3,6-9,11-12H2,1H3. The lowest BCUT2D eigenvalue weighted by atomic mass is 9.97. The molecule has 4 heteroatoms. The normalized spacial score (nSPS) is 17.8. The number of aliphatic hydroxyl groups is 2. The maximum Gasteiger partial charge on any atom is 0.119 e. The van der Waals surface area contributed by atoms with E-state index >= 15 is 0 Å². The molecule has 0 spiro atoms. The Labute approximate surface area is 120 Å². The fraction of sp³-hybridized carbons (Fsp3) is 0.625. The summed E-state index contributed by atoms with van der Waals surface area (Å²) in [6.45, 7) is 2.88. The summed E-state index contributed by atoms with van der Waals surface area (Å²) in [6.07, 6.45) is 4.22. The van der Waals surface area contributed by atoms with Crippen LogP contribution in [-0.2, 0) is 6.61 Å². The molecule has 1 atom stereocenters. The first-order valence-corrected chi connectivity index (χ1v) is 7.36. The first-order chi connectivity index (χ1) is 9.65. The highest BCUT2D eigenvalue weighted by molar-refractivity contribution is 5.27. The summed E-state index contributed by atoms with van der Waals surface area (Å²) in [4.78, 5) is 0. The zero-order valence-corrected chi connectivity index (χ0v) is 12.1. The maximum atomic E-state index is 9.52. The van der Waals surface area contributed by atoms with E-state index in [1.807, 2.05) is 24.3 Å². The largest absolute Gasteiger partial charge is 0.494 e. The van der Waals surface area contributed by atoms with Crippen molar-refractivity contribution in [1.82, 2.24) is 5.32 Å². The molecule has 1 aromatic carbocycles. The van der Waals surface area contributed by atoms with E-state index in [1.165, 1.54) is 12.8 Å². The molecule has 1 saturated carbocycles. The molecule has 0 saturated heterocycles. The molecular formula is C16H25NO3. The third-order valence-corrected chi connectivity index (χ3v) is 3.70. The maximum absolute atomic E-state index is 9.52. The predicted molar refractivity (Wildman–Crippen MR) is 78.7 cm³/mol. The van der Waals surface area contributed by atoms with Crippen molar-refractivity contribution in [2.75, 3.05) is 13.2 Å². The number of ether oxygens (including phenoxy) is 1. The van der Waals surface area contributed by atoms with Crippen LogP contribution >= 0.6 is 0 Å². The molecule has 1 aromatic rings. The van der Waals surface area contributed by atoms with Crippen LogP contribution in [0.3, 0.4) is 0 Å². The first-order valence-electron chi connectivity index (χ1n) is 7.36. The van der Waals surface area contributed by atoms with Crippen LogP contribution in [0.5, 0.6) is 5.75 Å². The van der Waals surface area contributed by atoms with Gasteiger partial charge in [-0.25, -0.2) is 0 Å². The number of nitrogens with one attached hydrogen (secondary N) is 1. The van der Waals surface area contributed by atoms with Gasteiger partial charge in [-0.2, -0.15) is 0 Å². The van der Waals surface area contributed by atoms with E-state index in [-0.39, 0.29) is 18.8 Å². The van der Waals surface area contributed by atoms with Crippen LogP contribution < -0.4 is 10.1 Å². The molecule has 1 aliphatic carbocycles. The zero-order chi connectivity index (χ0) is 14.4. The molecule has 20 heavy (non-hydrogen) atoms. The fourth-order valence-electron chi connectivity index (χ4n) is 2.30. The van der Waals surface area contributed by atoms with Crippen molar-refractivity contribution in [3.05, 3.63) is 29.8 Å². The van der Waals surface area contributed by atoms with Crippen LogP contribution in [0.25, 0.3) is 0 Å². The second-order valence-corrected chi connectivity index (χ2v) is 5.89. The van der Waals surface area contributed by atoms with Gasteiger partial charge in [0.2, 0.25) is 0 Å². The summed E-state index contributed by atoms with van der Waals surface area (Å²) in [6, 6.07) is 8.10. The molecular weight excluding hydrogens is 254 g/mol. The van der Waals surface area contributed by atoms with Crippen molar-refractivity contribution >= 4 is 0 Å². The number of aliphatic hydroxyl groups excluding tert-OH is 2. The molecule has 0 heterocycles. The van der Waals surface area contributed by atoms with Gasteiger partial charge in [0, 0.05) is 11.6 Å². The highest BCUT2D eigenvalue weighted by atomic mass is 16.5. The van der Waals surface area contributed by atoms with Crippen LogP contribution in [0.4, 0.5) is 0 Å². The van der Waals surface area contributed by atoms with E-state index in [0.717, 1.165) is 24.2 Å². The Hall–Kier alpha value is -1.10. The Morgan fingerprint density at radius 3 is 2.80 bits per heavy atom. The number of hydrogen-bond acceptors (Lipinski definition) is 4. The second kappa shape index (κ2) is 7.07. The molecule has 4 nitrogen and oxygen atoms in total. The Balaban J connectivity index is 1.71. The summed E-state index contributed by atoms with van der Waals surface area (Å²) < 4.78 is 5.69. The third-order valence-electron chi connectivity index (χ3n) is 3.70. The van der Waals surface area contributed by atoms with Crippen molar-refractivity contribution in [2.45, 2.75) is 50.8 Å². The van der Waals surface area contributed by atoms with E-state index in [1.54, 1.807) is 0 Å². The Kier molecular flexibility index (Phi) is 5.40. The number of rotatable bonds is 9. The van der Waals surface area contributed by atoms with Crippen molar-refractivity contribution in [3.63, 3.8) is 0 Å². The van der Waals surface area contributed by atoms with Crippen LogP contribution in [0.15, 0.2) is 24.3 Å². The average Bonchev–Trinajstić information content (AvgIpc) is 3.28. The van der Waals surface area contributed by atoms with Gasteiger partial charge in [0.25, 0.3) is 0 Å². The minimum atomic E-state index is -0.197. The van der Waals surface area contributed by atoms with E-state index in [0.29, 0.717) is 12.6 Å². The Bertz CT molecular complexity index is 420. The average molecular weight is 279 g/mol. The van der Waals surface area contributed by atoms with E-state index in [4.69, 9.17) is 9.84 Å². The van der Waals surface area contributed by atoms with E-state index in [2.05, 4.69) is 12.2 Å². The lowest BCUT2D eigenvalue weighted by Gasteiger charge is -2.29. The molecule has 0 amide bonds. The molecule has 1 aliphatic rings. The third kappa shape index (κ3) is 4.78. The molecule has 0 radical (unpaired) electrons. The molecule has 1 unspecified atom stereocenters. The molecule has 0 aliphatic heterocycles. The van der Waals surface area contributed by atoms with Crippen molar-refractivity contribution in [3.8, 4) is 5.75 Å². The quantitative estimate of drug-likeness (QED) is 0.604. The van der Waals surface area contributed by atoms with Gasteiger partial charge < -0.3 is 20.3 Å². The Morgan fingerprint density at radius 2 is 2.15 bits per heavy atom. The van der Waals surface area contributed by atoms with Gasteiger partial charge in [-0.3, -0.25) is 0 Å². The zero-order valence-electron chi connectivity index (χ0n) is 12.1. The second-order valence-electron chi connectivity index (χ2n) is 5.89. The summed E-state index contributed by atoms with van der Waals surface area (Å²) >= 11 is 0. The van der Waals surface area contributed by atoms with Gasteiger partial charge in [0.1, 0.15) is 5.75 Å². The highest BCUT2D eigenvalue weighted by Crippen LogP contribution is 2.24. The van der Waals surface area contributed by atoms with Crippen LogP contribution in [0.1, 0.15) is 38.2 Å². The molecule has 0 aromatic heterocycles. The van der Waals surface area contributed by atoms with Crippen LogP contribution in [0.2, 0.25) is 0 Å². The summed E-state index contributed by atoms with van der Waals surface area (Å²) in [5, 5.41) is 22.1. The van der Waals surface area contributed by atoms with Gasteiger partial charge >= 0.3 is 0 Å². The van der Waals surface area contributed by atoms with Gasteiger partial charge in [-0.15, -0.1) is 0 Å². The van der Waals surface area contributed by atoms with Crippen LogP contribution in [-0.4, -0.2) is 35.0 Å². The smallest absolute Gasteiger partial charge is 0.119 e. The molecule has 0 bridgehead atoms. The fourth-order valence-corrected chi connectivity index (χ4v) is 2.30. The molecule has 112 valence electrons. The van der Waals surface area contributed by atoms with Gasteiger partial charge in [0.15, 0.2) is 0 Å². The number of benzene rings is 1. The minimum Gasteiger partial charge on any atom is -0.494 e. The minimum absolute atomic E-state index is 0.0328. The van der Waals surface area contributed by atoms with Crippen molar-refractivity contribution in [2.24, 2.45) is 0 Å². The lowest BCUT2D eigenvalue weighted by molar-refractivity contribution is 0.154. The van der Waals surface area contributed by atoms with Crippen LogP contribution in [0, 0.1) is 0 Å². The SMILES string of the molecule is CC(CO)(CCCOc1cccc(CO)c1)NC1CC1. The predicted octanol–water partition coefficient (Wildman–Crippen LogP) is 1.84. The first kappa shape index (κ1) is 15.3. The van der Waals surface area contributed by atoms with Crippen molar-refractivity contribution in [1.29, 1.82) is 0 Å². The Morgan fingerprint density at radius 1 is 1.35 bits per heavy atom. The number of hydrogen-bond donors (Lipinski definition) is 3. The summed E-state index contributed by atoms with van der Waals surface area (Å²) in [7, 11) is 0. The molecule has 2 rings (SSSR count). The molecule has 1 fully saturated rings. The molecule has 3 N–H and O–H groups in total. The summed E-state index contributed by atoms with van der Waals surface area (Å²) in [5.41, 5.74) is 0.662. The van der Waals surface area contributed by atoms with E-state index < -0.39 is 0 Å². The summed E-state index contributed by atoms with van der Waals surface area (Å²) in [5.74, 6) is 0.789. The monoisotopic (exact) mass is 279 g/mol.